The van der Waals surface area contributed by atoms with E-state index in [9.17, 15) is 0 Å². The lowest BCUT2D eigenvalue weighted by atomic mass is 10.2. The molecule has 0 atom stereocenters. The molecule has 0 aliphatic rings. The lowest BCUT2D eigenvalue weighted by molar-refractivity contribution is 0.560. The van der Waals surface area contributed by atoms with Crippen LogP contribution in [0.25, 0.3) is 0 Å². The summed E-state index contributed by atoms with van der Waals surface area (Å²) in [5.41, 5.74) is 2.17. The van der Waals surface area contributed by atoms with Gasteiger partial charge in [0.25, 0.3) is 0 Å². The SMILES string of the molecule is CCN(CC)c1ccc(N=Cc2ccco2)cc1. The minimum atomic E-state index is 0.766. The minimum Gasteiger partial charge on any atom is -0.463 e. The molecule has 1 aromatic carbocycles. The van der Waals surface area contributed by atoms with Crippen LogP contribution in [0.5, 0.6) is 0 Å². The van der Waals surface area contributed by atoms with Crippen molar-refractivity contribution in [2.75, 3.05) is 18.0 Å². The first-order valence-electron chi connectivity index (χ1n) is 6.26. The predicted octanol–water partition coefficient (Wildman–Crippen LogP) is 3.88. The number of anilines is 1. The van der Waals surface area contributed by atoms with Crippen molar-refractivity contribution in [3.63, 3.8) is 0 Å². The van der Waals surface area contributed by atoms with Gasteiger partial charge in [0.2, 0.25) is 0 Å². The summed E-state index contributed by atoms with van der Waals surface area (Å²) in [4.78, 5) is 6.67. The van der Waals surface area contributed by atoms with Crippen LogP contribution in [0, 0.1) is 0 Å². The molecular formula is C15H18N2O. The fourth-order valence-electron chi connectivity index (χ4n) is 1.84. The van der Waals surface area contributed by atoms with Gasteiger partial charge in [0.1, 0.15) is 5.76 Å². The maximum atomic E-state index is 5.19. The molecule has 0 saturated carbocycles. The first-order valence-corrected chi connectivity index (χ1v) is 6.26. The van der Waals surface area contributed by atoms with Gasteiger partial charge in [-0.2, -0.15) is 0 Å². The van der Waals surface area contributed by atoms with E-state index in [4.69, 9.17) is 4.42 Å². The summed E-state index contributed by atoms with van der Waals surface area (Å²) in [6.45, 7) is 6.36. The van der Waals surface area contributed by atoms with Gasteiger partial charge in [-0.05, 0) is 50.2 Å². The van der Waals surface area contributed by atoms with Crippen molar-refractivity contribution >= 4 is 17.6 Å². The van der Waals surface area contributed by atoms with Crippen LogP contribution in [0.15, 0.2) is 52.1 Å². The van der Waals surface area contributed by atoms with E-state index in [2.05, 4.69) is 35.9 Å². The molecule has 0 unspecified atom stereocenters. The topological polar surface area (TPSA) is 28.7 Å². The van der Waals surface area contributed by atoms with Crippen LogP contribution in [0.1, 0.15) is 19.6 Å². The highest BCUT2D eigenvalue weighted by Crippen LogP contribution is 2.19. The number of hydrogen-bond acceptors (Lipinski definition) is 3. The molecule has 0 aliphatic heterocycles. The Morgan fingerprint density at radius 2 is 1.83 bits per heavy atom. The maximum Gasteiger partial charge on any atom is 0.144 e. The van der Waals surface area contributed by atoms with Gasteiger partial charge in [-0.25, -0.2) is 0 Å². The second-order valence-electron chi connectivity index (χ2n) is 3.96. The van der Waals surface area contributed by atoms with Crippen molar-refractivity contribution in [1.29, 1.82) is 0 Å². The molecule has 0 bridgehead atoms. The van der Waals surface area contributed by atoms with Crippen molar-refractivity contribution < 1.29 is 4.42 Å². The van der Waals surface area contributed by atoms with Gasteiger partial charge in [0.15, 0.2) is 0 Å². The highest BCUT2D eigenvalue weighted by molar-refractivity contribution is 5.78. The third-order valence-corrected chi connectivity index (χ3v) is 2.86. The van der Waals surface area contributed by atoms with Gasteiger partial charge in [-0.1, -0.05) is 0 Å². The molecule has 3 heteroatoms. The zero-order valence-corrected chi connectivity index (χ0v) is 10.8. The first-order chi connectivity index (χ1) is 8.83. The molecule has 0 N–H and O–H groups in total. The molecule has 3 nitrogen and oxygen atoms in total. The Morgan fingerprint density at radius 3 is 2.39 bits per heavy atom. The zero-order valence-electron chi connectivity index (χ0n) is 10.8. The molecule has 0 radical (unpaired) electrons. The standard InChI is InChI=1S/C15H18N2O/c1-3-17(4-2)14-9-7-13(8-10-14)16-12-15-6-5-11-18-15/h5-12H,3-4H2,1-2H3. The van der Waals surface area contributed by atoms with Crippen molar-refractivity contribution in [2.45, 2.75) is 13.8 Å². The average molecular weight is 242 g/mol. The molecule has 2 aromatic rings. The fraction of sp³-hybridized carbons (Fsp3) is 0.267. The van der Waals surface area contributed by atoms with Gasteiger partial charge in [-0.15, -0.1) is 0 Å². The van der Waals surface area contributed by atoms with Gasteiger partial charge < -0.3 is 9.32 Å². The van der Waals surface area contributed by atoms with Crippen LogP contribution in [0.2, 0.25) is 0 Å². The summed E-state index contributed by atoms with van der Waals surface area (Å²) < 4.78 is 5.19. The van der Waals surface area contributed by atoms with Crippen molar-refractivity contribution in [2.24, 2.45) is 4.99 Å². The monoisotopic (exact) mass is 242 g/mol. The molecule has 1 heterocycles. The summed E-state index contributed by atoms with van der Waals surface area (Å²) >= 11 is 0. The number of benzene rings is 1. The smallest absolute Gasteiger partial charge is 0.144 e. The van der Waals surface area contributed by atoms with E-state index in [0.29, 0.717) is 0 Å². The van der Waals surface area contributed by atoms with Crippen LogP contribution in [0.4, 0.5) is 11.4 Å². The lowest BCUT2D eigenvalue weighted by Gasteiger charge is -2.20. The van der Waals surface area contributed by atoms with Gasteiger partial charge >= 0.3 is 0 Å². The van der Waals surface area contributed by atoms with E-state index in [1.54, 1.807) is 12.5 Å². The van der Waals surface area contributed by atoms with E-state index in [0.717, 1.165) is 24.5 Å². The second kappa shape index (κ2) is 6.05. The maximum absolute atomic E-state index is 5.19. The van der Waals surface area contributed by atoms with E-state index >= 15 is 0 Å². The lowest BCUT2D eigenvalue weighted by Crippen LogP contribution is -2.21. The Hall–Kier alpha value is -2.03. The van der Waals surface area contributed by atoms with Crippen LogP contribution < -0.4 is 4.90 Å². The molecular weight excluding hydrogens is 224 g/mol. The van der Waals surface area contributed by atoms with Crippen LogP contribution in [-0.2, 0) is 0 Å². The van der Waals surface area contributed by atoms with Crippen molar-refractivity contribution in [3.05, 3.63) is 48.4 Å². The predicted molar refractivity (Wildman–Crippen MR) is 76.0 cm³/mol. The fourth-order valence-corrected chi connectivity index (χ4v) is 1.84. The van der Waals surface area contributed by atoms with E-state index in [1.165, 1.54) is 5.69 Å². The average Bonchev–Trinajstić information content (AvgIpc) is 2.92. The first kappa shape index (κ1) is 12.4. The molecule has 0 aliphatic carbocycles. The van der Waals surface area contributed by atoms with E-state index in [-0.39, 0.29) is 0 Å². The number of furan rings is 1. The van der Waals surface area contributed by atoms with Gasteiger partial charge in [0, 0.05) is 18.8 Å². The Labute approximate surface area is 108 Å². The largest absolute Gasteiger partial charge is 0.463 e. The molecule has 0 saturated heterocycles. The number of aliphatic imine (C=N–C) groups is 1. The Bertz CT molecular complexity index is 482. The Kier molecular flexibility index (Phi) is 4.18. The molecule has 18 heavy (non-hydrogen) atoms. The molecule has 2 rings (SSSR count). The summed E-state index contributed by atoms with van der Waals surface area (Å²) in [6, 6.07) is 12.0. The third-order valence-electron chi connectivity index (χ3n) is 2.86. The van der Waals surface area contributed by atoms with Crippen molar-refractivity contribution in [1.82, 2.24) is 0 Å². The zero-order chi connectivity index (χ0) is 12.8. The molecule has 0 amide bonds. The highest BCUT2D eigenvalue weighted by Gasteiger charge is 2.00. The molecule has 94 valence electrons. The third kappa shape index (κ3) is 3.00. The number of nitrogens with zero attached hydrogens (tertiary/aromatic N) is 2. The number of rotatable bonds is 5. The van der Waals surface area contributed by atoms with Gasteiger partial charge in [0.05, 0.1) is 18.2 Å². The van der Waals surface area contributed by atoms with Crippen LogP contribution >= 0.6 is 0 Å². The molecule has 0 spiro atoms. The van der Waals surface area contributed by atoms with Crippen LogP contribution in [-0.4, -0.2) is 19.3 Å². The van der Waals surface area contributed by atoms with Gasteiger partial charge in [-0.3, -0.25) is 4.99 Å². The van der Waals surface area contributed by atoms with E-state index < -0.39 is 0 Å². The van der Waals surface area contributed by atoms with E-state index in [1.807, 2.05) is 24.3 Å². The Morgan fingerprint density at radius 1 is 1.11 bits per heavy atom. The summed E-state index contributed by atoms with van der Waals surface area (Å²) in [5, 5.41) is 0. The quantitative estimate of drug-likeness (QED) is 0.744. The van der Waals surface area contributed by atoms with Crippen LogP contribution in [0.3, 0.4) is 0 Å². The number of hydrogen-bond donors (Lipinski definition) is 0. The second-order valence-corrected chi connectivity index (χ2v) is 3.96. The normalized spacial score (nSPS) is 11.0. The molecule has 0 fully saturated rings. The summed E-state index contributed by atoms with van der Waals surface area (Å²) in [6.07, 6.45) is 3.37. The summed E-state index contributed by atoms with van der Waals surface area (Å²) in [7, 11) is 0. The highest BCUT2D eigenvalue weighted by atomic mass is 16.3. The molecule has 1 aromatic heterocycles. The van der Waals surface area contributed by atoms with Crippen molar-refractivity contribution in [3.8, 4) is 0 Å². The Balaban J connectivity index is 2.08. The minimum absolute atomic E-state index is 0.766. The summed E-state index contributed by atoms with van der Waals surface area (Å²) in [5.74, 6) is 0.766.